The van der Waals surface area contributed by atoms with Crippen LogP contribution in [-0.4, -0.2) is 0 Å². The predicted molar refractivity (Wildman–Crippen MR) is 55.2 cm³/mol. The van der Waals surface area contributed by atoms with E-state index >= 15 is 0 Å². The second-order valence-corrected chi connectivity index (χ2v) is 3.85. The Labute approximate surface area is 83.7 Å². The van der Waals surface area contributed by atoms with Gasteiger partial charge < -0.3 is 0 Å². The SMILES string of the molecule is CC1=Cc2c(F)cc(F)c(C)c2CC1.[HH]. The number of hydrogen-bond donors (Lipinski definition) is 0. The molecule has 0 spiro atoms. The summed E-state index contributed by atoms with van der Waals surface area (Å²) >= 11 is 0. The lowest BCUT2D eigenvalue weighted by molar-refractivity contribution is 0.569. The van der Waals surface area contributed by atoms with Crippen molar-refractivity contribution in [3.05, 3.63) is 40.0 Å². The summed E-state index contributed by atoms with van der Waals surface area (Å²) in [6.45, 7) is 3.68. The third-order valence-corrected chi connectivity index (χ3v) is 2.81. The number of hydrogen-bond acceptors (Lipinski definition) is 0. The second kappa shape index (κ2) is 3.19. The maximum absolute atomic E-state index is 13.4. The van der Waals surface area contributed by atoms with E-state index in [2.05, 4.69) is 0 Å². The molecule has 0 amide bonds. The van der Waals surface area contributed by atoms with Gasteiger partial charge >= 0.3 is 0 Å². The van der Waals surface area contributed by atoms with Gasteiger partial charge in [-0.3, -0.25) is 0 Å². The minimum atomic E-state index is -0.442. The molecule has 0 radical (unpaired) electrons. The Hall–Kier alpha value is -1.18. The molecule has 1 aliphatic rings. The van der Waals surface area contributed by atoms with Crippen molar-refractivity contribution < 1.29 is 10.2 Å². The second-order valence-electron chi connectivity index (χ2n) is 3.85. The van der Waals surface area contributed by atoms with Crippen molar-refractivity contribution in [3.63, 3.8) is 0 Å². The Kier molecular flexibility index (Phi) is 2.14. The molecular weight excluding hydrogens is 182 g/mol. The van der Waals surface area contributed by atoms with Crippen LogP contribution in [0.15, 0.2) is 11.6 Å². The summed E-state index contributed by atoms with van der Waals surface area (Å²) in [4.78, 5) is 0. The molecule has 1 aromatic carbocycles. The first kappa shape index (κ1) is 9.38. The highest BCUT2D eigenvalue weighted by atomic mass is 19.1. The van der Waals surface area contributed by atoms with E-state index in [9.17, 15) is 8.78 Å². The van der Waals surface area contributed by atoms with Crippen LogP contribution in [0, 0.1) is 18.6 Å². The summed E-state index contributed by atoms with van der Waals surface area (Å²) in [6.07, 6.45) is 3.47. The molecule has 0 saturated carbocycles. The van der Waals surface area contributed by atoms with E-state index in [1.165, 1.54) is 0 Å². The topological polar surface area (TPSA) is 0 Å². The molecule has 0 atom stereocenters. The summed E-state index contributed by atoms with van der Waals surface area (Å²) in [6, 6.07) is 0.975. The van der Waals surface area contributed by atoms with E-state index in [0.717, 1.165) is 30.0 Å². The van der Waals surface area contributed by atoms with Crippen molar-refractivity contribution >= 4 is 6.08 Å². The summed E-state index contributed by atoms with van der Waals surface area (Å²) in [7, 11) is 0. The van der Waals surface area contributed by atoms with Gasteiger partial charge in [0.25, 0.3) is 0 Å². The van der Waals surface area contributed by atoms with Gasteiger partial charge in [0.1, 0.15) is 11.6 Å². The molecule has 0 aliphatic heterocycles. The van der Waals surface area contributed by atoms with Crippen molar-refractivity contribution in [2.75, 3.05) is 0 Å². The van der Waals surface area contributed by atoms with Gasteiger partial charge in [-0.2, -0.15) is 0 Å². The molecule has 76 valence electrons. The fourth-order valence-electron chi connectivity index (χ4n) is 1.91. The van der Waals surface area contributed by atoms with Gasteiger partial charge in [0.15, 0.2) is 0 Å². The van der Waals surface area contributed by atoms with E-state index in [4.69, 9.17) is 0 Å². The van der Waals surface area contributed by atoms with Gasteiger partial charge in [-0.15, -0.1) is 0 Å². The van der Waals surface area contributed by atoms with Crippen LogP contribution in [0.4, 0.5) is 8.78 Å². The lowest BCUT2D eigenvalue weighted by Gasteiger charge is -2.17. The molecule has 0 heterocycles. The maximum atomic E-state index is 13.4. The number of benzene rings is 1. The van der Waals surface area contributed by atoms with Gasteiger partial charge in [0.05, 0.1) is 0 Å². The number of fused-ring (bicyclic) bond motifs is 1. The van der Waals surface area contributed by atoms with Gasteiger partial charge in [0, 0.05) is 13.1 Å². The third kappa shape index (κ3) is 1.35. The van der Waals surface area contributed by atoms with Crippen molar-refractivity contribution in [2.24, 2.45) is 0 Å². The first-order valence-electron chi connectivity index (χ1n) is 4.74. The quantitative estimate of drug-likeness (QED) is 0.591. The Balaban J connectivity index is 0.00000112. The molecular formula is C12H14F2. The van der Waals surface area contributed by atoms with Gasteiger partial charge in [-0.05, 0) is 37.8 Å². The van der Waals surface area contributed by atoms with E-state index in [-0.39, 0.29) is 1.43 Å². The fourth-order valence-corrected chi connectivity index (χ4v) is 1.91. The monoisotopic (exact) mass is 196 g/mol. The highest BCUT2D eigenvalue weighted by Crippen LogP contribution is 2.29. The molecule has 1 aliphatic carbocycles. The lowest BCUT2D eigenvalue weighted by Crippen LogP contribution is -2.05. The van der Waals surface area contributed by atoms with E-state index in [1.807, 2.05) is 13.0 Å². The van der Waals surface area contributed by atoms with E-state index in [0.29, 0.717) is 11.1 Å². The normalized spacial score (nSPS) is 15.0. The Morgan fingerprint density at radius 3 is 2.57 bits per heavy atom. The van der Waals surface area contributed by atoms with E-state index in [1.54, 1.807) is 6.92 Å². The van der Waals surface area contributed by atoms with Crippen molar-refractivity contribution in [1.29, 1.82) is 0 Å². The van der Waals surface area contributed by atoms with Crippen LogP contribution in [0.5, 0.6) is 0 Å². The molecule has 1 aromatic rings. The molecule has 0 unspecified atom stereocenters. The van der Waals surface area contributed by atoms with Crippen LogP contribution in [-0.2, 0) is 6.42 Å². The Bertz CT molecular complexity index is 422. The zero-order valence-corrected chi connectivity index (χ0v) is 8.32. The summed E-state index contributed by atoms with van der Waals surface area (Å²) in [5.74, 6) is -0.878. The van der Waals surface area contributed by atoms with Crippen molar-refractivity contribution in [1.82, 2.24) is 0 Å². The molecule has 0 bridgehead atoms. The Morgan fingerprint density at radius 2 is 1.86 bits per heavy atom. The van der Waals surface area contributed by atoms with Gasteiger partial charge in [0.2, 0.25) is 0 Å². The maximum Gasteiger partial charge on any atom is 0.133 e. The predicted octanol–water partition coefficient (Wildman–Crippen LogP) is 3.87. The van der Waals surface area contributed by atoms with Crippen LogP contribution in [0.3, 0.4) is 0 Å². The van der Waals surface area contributed by atoms with Crippen LogP contribution >= 0.6 is 0 Å². The van der Waals surface area contributed by atoms with Crippen LogP contribution < -0.4 is 0 Å². The lowest BCUT2D eigenvalue weighted by atomic mass is 9.89. The third-order valence-electron chi connectivity index (χ3n) is 2.81. The smallest absolute Gasteiger partial charge is 0.133 e. The minimum absolute atomic E-state index is 0. The first-order chi connectivity index (χ1) is 6.59. The number of rotatable bonds is 0. The van der Waals surface area contributed by atoms with Crippen LogP contribution in [0.25, 0.3) is 6.08 Å². The zero-order chi connectivity index (χ0) is 10.3. The molecule has 0 aromatic heterocycles. The standard InChI is InChI=1S/C12H12F2.H2/c1-7-3-4-9-8(2)11(13)6-12(14)10(9)5-7;/h5-6H,3-4H2,1-2H3;1H. The molecule has 0 N–H and O–H groups in total. The molecule has 14 heavy (non-hydrogen) atoms. The van der Waals surface area contributed by atoms with Crippen molar-refractivity contribution in [2.45, 2.75) is 26.7 Å². The average Bonchev–Trinajstić information content (AvgIpc) is 2.14. The minimum Gasteiger partial charge on any atom is -0.207 e. The van der Waals surface area contributed by atoms with Gasteiger partial charge in [-0.25, -0.2) is 8.78 Å². The molecule has 0 saturated heterocycles. The van der Waals surface area contributed by atoms with Crippen LogP contribution in [0.2, 0.25) is 0 Å². The van der Waals surface area contributed by atoms with E-state index < -0.39 is 11.6 Å². The Morgan fingerprint density at radius 1 is 1.14 bits per heavy atom. The fraction of sp³-hybridized carbons (Fsp3) is 0.333. The summed E-state index contributed by atoms with van der Waals surface area (Å²) in [5.41, 5.74) is 3.15. The first-order valence-corrected chi connectivity index (χ1v) is 4.74. The average molecular weight is 196 g/mol. The highest BCUT2D eigenvalue weighted by molar-refractivity contribution is 5.61. The molecule has 2 rings (SSSR count). The van der Waals surface area contributed by atoms with Crippen LogP contribution in [0.1, 0.15) is 31.5 Å². The largest absolute Gasteiger partial charge is 0.207 e. The molecule has 0 nitrogen and oxygen atoms in total. The van der Waals surface area contributed by atoms with Crippen molar-refractivity contribution in [3.8, 4) is 0 Å². The molecule has 2 heteroatoms. The number of halogens is 2. The number of allylic oxidation sites excluding steroid dienone is 1. The summed E-state index contributed by atoms with van der Waals surface area (Å²) in [5, 5.41) is 0. The zero-order valence-electron chi connectivity index (χ0n) is 8.32. The molecule has 0 fully saturated rings. The highest BCUT2D eigenvalue weighted by Gasteiger charge is 2.17. The summed E-state index contributed by atoms with van der Waals surface area (Å²) < 4.78 is 26.6. The van der Waals surface area contributed by atoms with Gasteiger partial charge in [-0.1, -0.05) is 11.6 Å².